The maximum atomic E-state index is 5.64. The van der Waals surface area contributed by atoms with Gasteiger partial charge in [-0.2, -0.15) is 0 Å². The van der Waals surface area contributed by atoms with E-state index in [4.69, 9.17) is 5.73 Å². The molecule has 2 unspecified atom stereocenters. The summed E-state index contributed by atoms with van der Waals surface area (Å²) in [5.41, 5.74) is 5.64. The summed E-state index contributed by atoms with van der Waals surface area (Å²) in [6.07, 6.45) is 9.49. The summed E-state index contributed by atoms with van der Waals surface area (Å²) in [6, 6.07) is 0. The minimum Gasteiger partial charge on any atom is -0.330 e. The first kappa shape index (κ1) is 15.0. The predicted molar refractivity (Wildman–Crippen MR) is 76.1 cm³/mol. The maximum absolute atomic E-state index is 5.64. The molecule has 0 aromatic heterocycles. The highest BCUT2D eigenvalue weighted by atomic mass is 15.1. The van der Waals surface area contributed by atoms with Crippen LogP contribution in [0.4, 0.5) is 0 Å². The lowest BCUT2D eigenvalue weighted by atomic mass is 9.96. The SMILES string of the molecule is CCCC1CCN(CCCC(CC)CCN)C1. The second-order valence-electron chi connectivity index (χ2n) is 5.74. The molecule has 0 spiro atoms. The minimum absolute atomic E-state index is 0.862. The average molecular weight is 240 g/mol. The van der Waals surface area contributed by atoms with Crippen LogP contribution in [0.1, 0.15) is 58.8 Å². The Morgan fingerprint density at radius 1 is 1.29 bits per heavy atom. The molecule has 2 nitrogen and oxygen atoms in total. The number of rotatable bonds is 9. The zero-order valence-electron chi connectivity index (χ0n) is 12.0. The third-order valence-corrected chi connectivity index (χ3v) is 4.31. The number of nitrogens with zero attached hydrogens (tertiary/aromatic N) is 1. The second kappa shape index (κ2) is 8.93. The molecule has 1 rings (SSSR count). The van der Waals surface area contributed by atoms with E-state index in [1.165, 1.54) is 64.6 Å². The van der Waals surface area contributed by atoms with Crippen LogP contribution in [0.2, 0.25) is 0 Å². The first-order valence-corrected chi connectivity index (χ1v) is 7.72. The summed E-state index contributed by atoms with van der Waals surface area (Å²) >= 11 is 0. The van der Waals surface area contributed by atoms with Crippen LogP contribution in [-0.2, 0) is 0 Å². The van der Waals surface area contributed by atoms with Crippen LogP contribution >= 0.6 is 0 Å². The number of hydrogen-bond donors (Lipinski definition) is 1. The van der Waals surface area contributed by atoms with Crippen molar-refractivity contribution in [2.75, 3.05) is 26.2 Å². The Morgan fingerprint density at radius 3 is 2.76 bits per heavy atom. The highest BCUT2D eigenvalue weighted by Crippen LogP contribution is 2.22. The minimum atomic E-state index is 0.862. The molecule has 2 heteroatoms. The Kier molecular flexibility index (Phi) is 7.87. The van der Waals surface area contributed by atoms with Crippen LogP contribution in [0.15, 0.2) is 0 Å². The van der Waals surface area contributed by atoms with Crippen molar-refractivity contribution in [3.8, 4) is 0 Å². The molecule has 1 heterocycles. The molecule has 0 aromatic rings. The van der Waals surface area contributed by atoms with E-state index >= 15 is 0 Å². The Hall–Kier alpha value is -0.0800. The van der Waals surface area contributed by atoms with Crippen LogP contribution in [0, 0.1) is 11.8 Å². The van der Waals surface area contributed by atoms with Gasteiger partial charge in [0.15, 0.2) is 0 Å². The Balaban J connectivity index is 2.07. The third-order valence-electron chi connectivity index (χ3n) is 4.31. The molecule has 17 heavy (non-hydrogen) atoms. The smallest absolute Gasteiger partial charge is 0.00101 e. The molecule has 0 aliphatic carbocycles. The van der Waals surface area contributed by atoms with Gasteiger partial charge in [-0.25, -0.2) is 0 Å². The fourth-order valence-electron chi connectivity index (χ4n) is 3.15. The van der Waals surface area contributed by atoms with E-state index in [1.807, 2.05) is 0 Å². The fraction of sp³-hybridized carbons (Fsp3) is 1.00. The largest absolute Gasteiger partial charge is 0.330 e. The van der Waals surface area contributed by atoms with Crippen LogP contribution in [0.25, 0.3) is 0 Å². The molecular formula is C15H32N2. The van der Waals surface area contributed by atoms with Crippen molar-refractivity contribution in [1.29, 1.82) is 0 Å². The summed E-state index contributed by atoms with van der Waals surface area (Å²) in [6.45, 7) is 9.50. The summed E-state index contributed by atoms with van der Waals surface area (Å²) in [7, 11) is 0. The van der Waals surface area contributed by atoms with Gasteiger partial charge < -0.3 is 10.6 Å². The van der Waals surface area contributed by atoms with E-state index in [0.29, 0.717) is 0 Å². The first-order valence-electron chi connectivity index (χ1n) is 7.72. The van der Waals surface area contributed by atoms with Gasteiger partial charge in [0, 0.05) is 6.54 Å². The lowest BCUT2D eigenvalue weighted by Crippen LogP contribution is -2.22. The molecule has 0 amide bonds. The van der Waals surface area contributed by atoms with Crippen LogP contribution in [0.5, 0.6) is 0 Å². The normalized spacial score (nSPS) is 23.1. The Bertz CT molecular complexity index is 182. The molecule has 2 N–H and O–H groups in total. The van der Waals surface area contributed by atoms with Gasteiger partial charge in [-0.3, -0.25) is 0 Å². The van der Waals surface area contributed by atoms with Crippen LogP contribution < -0.4 is 5.73 Å². The van der Waals surface area contributed by atoms with Gasteiger partial charge in [-0.1, -0.05) is 26.7 Å². The molecule has 1 aliphatic heterocycles. The van der Waals surface area contributed by atoms with Crippen molar-refractivity contribution < 1.29 is 0 Å². The number of hydrogen-bond acceptors (Lipinski definition) is 2. The Morgan fingerprint density at radius 2 is 2.12 bits per heavy atom. The molecule has 0 saturated carbocycles. The number of nitrogens with two attached hydrogens (primary N) is 1. The molecule has 0 aromatic carbocycles. The zero-order valence-corrected chi connectivity index (χ0v) is 12.0. The molecule has 0 bridgehead atoms. The second-order valence-corrected chi connectivity index (χ2v) is 5.74. The van der Waals surface area contributed by atoms with E-state index < -0.39 is 0 Å². The van der Waals surface area contributed by atoms with Crippen molar-refractivity contribution in [3.63, 3.8) is 0 Å². The van der Waals surface area contributed by atoms with Crippen molar-refractivity contribution in [1.82, 2.24) is 4.90 Å². The van der Waals surface area contributed by atoms with Crippen LogP contribution in [0.3, 0.4) is 0 Å². The summed E-state index contributed by atoms with van der Waals surface area (Å²) in [4.78, 5) is 2.68. The topological polar surface area (TPSA) is 29.3 Å². The molecule has 2 atom stereocenters. The standard InChI is InChI=1S/C15H32N2/c1-3-6-15-9-12-17(13-15)11-5-7-14(4-2)8-10-16/h14-15H,3-13,16H2,1-2H3. The quantitative estimate of drug-likeness (QED) is 0.670. The van der Waals surface area contributed by atoms with Crippen molar-refractivity contribution in [2.24, 2.45) is 17.6 Å². The zero-order chi connectivity index (χ0) is 12.5. The Labute approximate surface area is 108 Å². The van der Waals surface area contributed by atoms with Crippen molar-refractivity contribution >= 4 is 0 Å². The summed E-state index contributed by atoms with van der Waals surface area (Å²) in [5, 5.41) is 0. The average Bonchev–Trinajstić information content (AvgIpc) is 2.76. The first-order chi connectivity index (χ1) is 8.30. The van der Waals surface area contributed by atoms with Crippen molar-refractivity contribution in [2.45, 2.75) is 58.8 Å². The van der Waals surface area contributed by atoms with E-state index in [2.05, 4.69) is 18.7 Å². The van der Waals surface area contributed by atoms with Gasteiger partial charge in [-0.05, 0) is 63.6 Å². The van der Waals surface area contributed by atoms with E-state index in [-0.39, 0.29) is 0 Å². The molecule has 1 aliphatic rings. The molecular weight excluding hydrogens is 208 g/mol. The van der Waals surface area contributed by atoms with Gasteiger partial charge in [-0.15, -0.1) is 0 Å². The van der Waals surface area contributed by atoms with Gasteiger partial charge >= 0.3 is 0 Å². The molecule has 1 fully saturated rings. The lowest BCUT2D eigenvalue weighted by molar-refractivity contribution is 0.296. The fourth-order valence-corrected chi connectivity index (χ4v) is 3.15. The van der Waals surface area contributed by atoms with Crippen molar-refractivity contribution in [3.05, 3.63) is 0 Å². The molecule has 1 saturated heterocycles. The van der Waals surface area contributed by atoms with E-state index in [1.54, 1.807) is 0 Å². The molecule has 0 radical (unpaired) electrons. The van der Waals surface area contributed by atoms with Gasteiger partial charge in [0.2, 0.25) is 0 Å². The lowest BCUT2D eigenvalue weighted by Gasteiger charge is -2.18. The predicted octanol–water partition coefficient (Wildman–Crippen LogP) is 3.26. The maximum Gasteiger partial charge on any atom is 0.00101 e. The van der Waals surface area contributed by atoms with Gasteiger partial charge in [0.25, 0.3) is 0 Å². The third kappa shape index (κ3) is 5.87. The van der Waals surface area contributed by atoms with E-state index in [9.17, 15) is 0 Å². The summed E-state index contributed by atoms with van der Waals surface area (Å²) in [5.74, 6) is 1.86. The number of likely N-dealkylation sites (tertiary alicyclic amines) is 1. The van der Waals surface area contributed by atoms with Gasteiger partial charge in [0.1, 0.15) is 0 Å². The van der Waals surface area contributed by atoms with E-state index in [0.717, 1.165) is 18.4 Å². The summed E-state index contributed by atoms with van der Waals surface area (Å²) < 4.78 is 0. The highest BCUT2D eigenvalue weighted by Gasteiger charge is 2.21. The van der Waals surface area contributed by atoms with Crippen LogP contribution in [-0.4, -0.2) is 31.1 Å². The highest BCUT2D eigenvalue weighted by molar-refractivity contribution is 4.75. The van der Waals surface area contributed by atoms with Gasteiger partial charge in [0.05, 0.1) is 0 Å². The molecule has 102 valence electrons. The monoisotopic (exact) mass is 240 g/mol.